The van der Waals surface area contributed by atoms with Gasteiger partial charge >= 0.3 is 0 Å². The summed E-state index contributed by atoms with van der Waals surface area (Å²) in [6.07, 6.45) is 6.78. The van der Waals surface area contributed by atoms with E-state index in [0.717, 1.165) is 49.7 Å². The number of hydrogen-bond donors (Lipinski definition) is 2. The number of nitrogens with zero attached hydrogens (tertiary/aromatic N) is 2. The van der Waals surface area contributed by atoms with Crippen LogP contribution in [0.3, 0.4) is 0 Å². The summed E-state index contributed by atoms with van der Waals surface area (Å²) in [5.74, 6) is -2.11. The largest absolute Gasteiger partial charge is 0.387 e. The number of anilines is 2. The minimum Gasteiger partial charge on any atom is -0.387 e. The molecule has 6 heteroatoms. The van der Waals surface area contributed by atoms with E-state index in [9.17, 15) is 8.78 Å². The van der Waals surface area contributed by atoms with E-state index in [1.54, 1.807) is 24.3 Å². The molecule has 0 aromatic heterocycles. The van der Waals surface area contributed by atoms with Gasteiger partial charge in [-0.15, -0.1) is 6.58 Å². The topological polar surface area (TPSA) is 65.2 Å². The number of alkyl halides is 2. The van der Waals surface area contributed by atoms with Gasteiger partial charge in [0.25, 0.3) is 5.92 Å². The van der Waals surface area contributed by atoms with Gasteiger partial charge in [-0.1, -0.05) is 25.3 Å². The van der Waals surface area contributed by atoms with E-state index in [2.05, 4.69) is 29.6 Å². The van der Waals surface area contributed by atoms with Crippen molar-refractivity contribution in [1.29, 1.82) is 5.41 Å². The number of hydrogen-bond acceptors (Lipinski definition) is 3. The van der Waals surface area contributed by atoms with Crippen molar-refractivity contribution in [3.63, 3.8) is 0 Å². The van der Waals surface area contributed by atoms with Crippen molar-refractivity contribution >= 4 is 22.9 Å². The Labute approximate surface area is 186 Å². The molecule has 0 radical (unpaired) electrons. The lowest BCUT2D eigenvalue weighted by atomic mass is 10.1. The summed E-state index contributed by atoms with van der Waals surface area (Å²) in [7, 11) is 0. The van der Waals surface area contributed by atoms with E-state index >= 15 is 0 Å². The predicted octanol–water partition coefficient (Wildman–Crippen LogP) is 7.49. The minimum absolute atomic E-state index is 0.0967. The molecule has 0 unspecified atom stereocenters. The number of amidine groups is 1. The van der Waals surface area contributed by atoms with Gasteiger partial charge in [0.15, 0.2) is 0 Å². The average Bonchev–Trinajstić information content (AvgIpc) is 3.39. The number of nitrogens with two attached hydrogens (primary N) is 1. The number of unbranched alkanes of at least 4 members (excludes halogenated alkanes) is 1. The molecule has 1 aliphatic heterocycles. The van der Waals surface area contributed by atoms with Crippen LogP contribution in [0.15, 0.2) is 60.8 Å². The summed E-state index contributed by atoms with van der Waals surface area (Å²) in [6, 6.07) is 5.20. The molecule has 0 fully saturated rings. The van der Waals surface area contributed by atoms with E-state index in [4.69, 9.17) is 11.1 Å². The lowest BCUT2D eigenvalue weighted by Crippen LogP contribution is -2.11. The molecule has 1 aliphatic rings. The van der Waals surface area contributed by atoms with Gasteiger partial charge in [-0.25, -0.2) is 13.8 Å². The number of rotatable bonds is 9. The number of benzene rings is 1. The molecule has 0 spiro atoms. The van der Waals surface area contributed by atoms with Gasteiger partial charge in [-0.3, -0.25) is 0 Å². The van der Waals surface area contributed by atoms with Crippen molar-refractivity contribution in [1.82, 2.24) is 0 Å². The second-order valence-electron chi connectivity index (χ2n) is 7.74. The van der Waals surface area contributed by atoms with Crippen LogP contribution in [0, 0.1) is 5.41 Å². The molecule has 4 nitrogen and oxygen atoms in total. The molecule has 172 valence electrons. The minimum atomic E-state index is -2.74. The van der Waals surface area contributed by atoms with Crippen molar-refractivity contribution < 1.29 is 8.78 Å². The molecule has 0 aliphatic carbocycles. The molecule has 0 saturated heterocycles. The molecule has 31 heavy (non-hydrogen) atoms. The predicted molar refractivity (Wildman–Crippen MR) is 132 cm³/mol. The summed E-state index contributed by atoms with van der Waals surface area (Å²) in [5, 5.41) is 7.34. The Kier molecular flexibility index (Phi) is 12.3. The molecule has 0 bridgehead atoms. The van der Waals surface area contributed by atoms with Gasteiger partial charge < -0.3 is 16.0 Å². The maximum absolute atomic E-state index is 13.0. The van der Waals surface area contributed by atoms with Crippen molar-refractivity contribution in [2.75, 3.05) is 4.90 Å². The third-order valence-corrected chi connectivity index (χ3v) is 4.18. The Balaban J connectivity index is 0.000000516. The third-order valence-electron chi connectivity index (χ3n) is 4.18. The third kappa shape index (κ3) is 11.3. The molecular weight excluding hydrogens is 394 g/mol. The van der Waals surface area contributed by atoms with E-state index in [1.165, 1.54) is 6.07 Å². The lowest BCUT2D eigenvalue weighted by molar-refractivity contribution is 0.0176. The fraction of sp³-hybridized carbons (Fsp3) is 0.440. The lowest BCUT2D eigenvalue weighted by Gasteiger charge is -2.08. The molecule has 0 atom stereocenters. The second kappa shape index (κ2) is 13.5. The zero-order valence-electron chi connectivity index (χ0n) is 19.6. The summed E-state index contributed by atoms with van der Waals surface area (Å²) in [4.78, 5) is 6.09. The molecule has 0 amide bonds. The molecule has 0 saturated carbocycles. The van der Waals surface area contributed by atoms with E-state index < -0.39 is 5.92 Å². The summed E-state index contributed by atoms with van der Waals surface area (Å²) in [6.45, 7) is 19.3. The van der Waals surface area contributed by atoms with Crippen LogP contribution < -0.4 is 10.6 Å². The van der Waals surface area contributed by atoms with E-state index in [-0.39, 0.29) is 5.56 Å². The zero-order valence-corrected chi connectivity index (χ0v) is 19.6. The first-order valence-electron chi connectivity index (χ1n) is 10.5. The Morgan fingerprint density at radius 2 is 1.77 bits per heavy atom. The summed E-state index contributed by atoms with van der Waals surface area (Å²) in [5.41, 5.74) is 9.08. The van der Waals surface area contributed by atoms with Gasteiger partial charge in [-0.2, -0.15) is 0 Å². The van der Waals surface area contributed by atoms with Crippen LogP contribution in [0.1, 0.15) is 65.9 Å². The highest BCUT2D eigenvalue weighted by atomic mass is 19.3. The maximum Gasteiger partial charge on any atom is 0.270 e. The number of nitrogens with one attached hydrogen (secondary N) is 1. The molecule has 3 N–H and O–H groups in total. The second-order valence-corrected chi connectivity index (χ2v) is 7.74. The normalized spacial score (nSPS) is 12.0. The number of allylic oxidation sites excluding steroid dienone is 3. The Bertz CT molecular complexity index is 789. The fourth-order valence-corrected chi connectivity index (χ4v) is 2.73. The van der Waals surface area contributed by atoms with Crippen LogP contribution in [0.4, 0.5) is 20.2 Å². The summed E-state index contributed by atoms with van der Waals surface area (Å²) < 4.78 is 25.9. The smallest absolute Gasteiger partial charge is 0.270 e. The van der Waals surface area contributed by atoms with Crippen LogP contribution in [-0.2, 0) is 5.92 Å². The monoisotopic (exact) mass is 432 g/mol. The van der Waals surface area contributed by atoms with Crippen molar-refractivity contribution in [3.05, 3.63) is 61.3 Å². The molecule has 2 rings (SSSR count). The van der Waals surface area contributed by atoms with Gasteiger partial charge in [0.2, 0.25) is 0 Å². The van der Waals surface area contributed by atoms with Crippen LogP contribution in [0.5, 0.6) is 0 Å². The van der Waals surface area contributed by atoms with Crippen molar-refractivity contribution in [3.8, 4) is 0 Å². The highest BCUT2D eigenvalue weighted by Crippen LogP contribution is 2.51. The molecular formula is C25H38F2N4. The van der Waals surface area contributed by atoms with Gasteiger partial charge in [0, 0.05) is 36.4 Å². The SMILES string of the molecule is C=CC.C=CC(=N)CCCCC(N)=NC(=C)C.CC(C)N1c2ccc(C(C)(F)F)cc21. The van der Waals surface area contributed by atoms with Gasteiger partial charge in [-0.05, 0) is 65.2 Å². The Morgan fingerprint density at radius 3 is 2.23 bits per heavy atom. The highest BCUT2D eigenvalue weighted by Gasteiger charge is 2.34. The number of aliphatic imine (C=N–C) groups is 1. The first-order chi connectivity index (χ1) is 14.4. The quantitative estimate of drug-likeness (QED) is 0.139. The molecule has 1 aromatic rings. The van der Waals surface area contributed by atoms with Gasteiger partial charge in [0.1, 0.15) is 0 Å². The van der Waals surface area contributed by atoms with Crippen LogP contribution in [-0.4, -0.2) is 17.6 Å². The van der Waals surface area contributed by atoms with Crippen molar-refractivity contribution in [2.45, 2.75) is 72.3 Å². The van der Waals surface area contributed by atoms with Gasteiger partial charge in [0.05, 0.1) is 17.2 Å². The zero-order chi connectivity index (χ0) is 24.2. The Hall–Kier alpha value is -2.76. The average molecular weight is 433 g/mol. The Morgan fingerprint density at radius 1 is 1.23 bits per heavy atom. The fourth-order valence-electron chi connectivity index (χ4n) is 2.73. The van der Waals surface area contributed by atoms with E-state index in [0.29, 0.717) is 17.6 Å². The maximum atomic E-state index is 13.0. The first-order valence-corrected chi connectivity index (χ1v) is 10.5. The van der Waals surface area contributed by atoms with Crippen molar-refractivity contribution in [2.24, 2.45) is 10.7 Å². The van der Waals surface area contributed by atoms with Crippen LogP contribution in [0.25, 0.3) is 0 Å². The number of halogens is 2. The van der Waals surface area contributed by atoms with Crippen LogP contribution >= 0.6 is 0 Å². The highest BCUT2D eigenvalue weighted by molar-refractivity contribution is 5.93. The molecule has 1 aromatic carbocycles. The standard InChI is InChI=1S/C11H13F2N.C11H19N3.C3H6/c1-7(2)14-9-5-4-8(6-10(9)14)11(3,12)13;1-4-10(12)7-5-6-8-11(13)14-9(2)3;1-3-2/h4-7H,1-3H3;4,12H,1-2,5-8H2,3H3,(H2,13,14);3H,1H2,2H3. The molecule has 1 heterocycles. The first kappa shape index (κ1) is 28.2. The van der Waals surface area contributed by atoms with E-state index in [1.807, 2.05) is 27.7 Å². The van der Waals surface area contributed by atoms with Crippen LogP contribution in [0.2, 0.25) is 0 Å². The number of fused-ring (bicyclic) bond motifs is 1. The summed E-state index contributed by atoms with van der Waals surface area (Å²) >= 11 is 0.